The van der Waals surface area contributed by atoms with Gasteiger partial charge in [-0.3, -0.25) is 14.4 Å². The van der Waals surface area contributed by atoms with Crippen LogP contribution < -0.4 is 0 Å². The first-order chi connectivity index (χ1) is 13.3. The number of aromatic nitrogens is 2. The quantitative estimate of drug-likeness (QED) is 0.710. The van der Waals surface area contributed by atoms with Crippen LogP contribution in [0.5, 0.6) is 0 Å². The number of hydrogen-bond acceptors (Lipinski definition) is 5. The lowest BCUT2D eigenvalue weighted by atomic mass is 10.2. The van der Waals surface area contributed by atoms with Gasteiger partial charge in [-0.15, -0.1) is 0 Å². The van der Waals surface area contributed by atoms with Gasteiger partial charge in [0, 0.05) is 31.6 Å². The number of benzene rings is 1. The van der Waals surface area contributed by atoms with Crippen molar-refractivity contribution < 1.29 is 13.9 Å². The van der Waals surface area contributed by atoms with Crippen molar-refractivity contribution in [3.63, 3.8) is 0 Å². The molecule has 7 heteroatoms. The van der Waals surface area contributed by atoms with E-state index in [4.69, 9.17) is 9.15 Å². The Balaban J connectivity index is 1.29. The van der Waals surface area contributed by atoms with Crippen molar-refractivity contribution in [2.45, 2.75) is 19.6 Å². The highest BCUT2D eigenvalue weighted by molar-refractivity contribution is 5.92. The summed E-state index contributed by atoms with van der Waals surface area (Å²) >= 11 is 0. The molecule has 140 valence electrons. The lowest BCUT2D eigenvalue weighted by Gasteiger charge is -2.26. The van der Waals surface area contributed by atoms with Gasteiger partial charge in [0.1, 0.15) is 11.3 Å². The van der Waals surface area contributed by atoms with Crippen molar-refractivity contribution in [2.75, 3.05) is 32.8 Å². The van der Waals surface area contributed by atoms with E-state index in [1.54, 1.807) is 0 Å². The lowest BCUT2D eigenvalue weighted by Crippen LogP contribution is -2.40. The molecule has 0 atom stereocenters. The van der Waals surface area contributed by atoms with Gasteiger partial charge in [0.2, 0.25) is 0 Å². The molecule has 0 unspecified atom stereocenters. The Hall–Kier alpha value is -2.64. The lowest BCUT2D eigenvalue weighted by molar-refractivity contribution is 0.0298. The molecule has 1 amide bonds. The SMILES string of the molecule is O=C(c1cc2n(n1)CCN(Cc1cc3ccccc3o1)C2)N1CCOCC1. The van der Waals surface area contributed by atoms with Gasteiger partial charge in [0.05, 0.1) is 32.0 Å². The monoisotopic (exact) mass is 366 g/mol. The molecule has 0 N–H and O–H groups in total. The summed E-state index contributed by atoms with van der Waals surface area (Å²) in [6.07, 6.45) is 0. The van der Waals surface area contributed by atoms with Gasteiger partial charge in [-0.2, -0.15) is 5.10 Å². The van der Waals surface area contributed by atoms with Crippen LogP contribution in [-0.4, -0.2) is 58.3 Å². The highest BCUT2D eigenvalue weighted by Gasteiger charge is 2.25. The Morgan fingerprint density at radius 3 is 2.78 bits per heavy atom. The van der Waals surface area contributed by atoms with Crippen LogP contribution in [0.25, 0.3) is 11.0 Å². The molecule has 0 aliphatic carbocycles. The van der Waals surface area contributed by atoms with Crippen LogP contribution in [0.1, 0.15) is 21.9 Å². The Kier molecular flexibility index (Phi) is 4.18. The predicted octanol–water partition coefficient (Wildman–Crippen LogP) is 2.12. The zero-order valence-corrected chi connectivity index (χ0v) is 15.1. The first-order valence-corrected chi connectivity index (χ1v) is 9.40. The van der Waals surface area contributed by atoms with E-state index in [1.165, 1.54) is 0 Å². The molecular formula is C20H22N4O3. The molecule has 0 saturated carbocycles. The molecule has 4 heterocycles. The summed E-state index contributed by atoms with van der Waals surface area (Å²) in [6.45, 7) is 5.67. The molecule has 1 aromatic carbocycles. The molecule has 2 aromatic heterocycles. The number of morpholine rings is 1. The van der Waals surface area contributed by atoms with Crippen molar-refractivity contribution in [3.05, 3.63) is 53.5 Å². The molecule has 1 saturated heterocycles. The van der Waals surface area contributed by atoms with Crippen LogP contribution in [-0.2, 0) is 24.4 Å². The van der Waals surface area contributed by atoms with Crippen molar-refractivity contribution in [2.24, 2.45) is 0 Å². The average Bonchev–Trinajstić information content (AvgIpc) is 3.31. The summed E-state index contributed by atoms with van der Waals surface area (Å²) in [7, 11) is 0. The van der Waals surface area contributed by atoms with Crippen LogP contribution in [0.4, 0.5) is 0 Å². The van der Waals surface area contributed by atoms with E-state index in [0.717, 1.165) is 48.6 Å². The molecular weight excluding hydrogens is 344 g/mol. The first-order valence-electron chi connectivity index (χ1n) is 9.40. The fourth-order valence-electron chi connectivity index (χ4n) is 3.82. The highest BCUT2D eigenvalue weighted by Crippen LogP contribution is 2.22. The number of fused-ring (bicyclic) bond motifs is 2. The van der Waals surface area contributed by atoms with E-state index in [-0.39, 0.29) is 5.91 Å². The normalized spacial score (nSPS) is 18.0. The number of carbonyl (C=O) groups excluding carboxylic acids is 1. The molecule has 0 radical (unpaired) electrons. The Morgan fingerprint density at radius 2 is 1.93 bits per heavy atom. The summed E-state index contributed by atoms with van der Waals surface area (Å²) in [5, 5.41) is 5.67. The smallest absolute Gasteiger partial charge is 0.274 e. The summed E-state index contributed by atoms with van der Waals surface area (Å²) in [6, 6.07) is 12.1. The van der Waals surface area contributed by atoms with E-state index in [0.29, 0.717) is 32.0 Å². The maximum Gasteiger partial charge on any atom is 0.274 e. The molecule has 1 fully saturated rings. The number of nitrogens with zero attached hydrogens (tertiary/aromatic N) is 4. The molecule has 3 aromatic rings. The first kappa shape index (κ1) is 16.5. The fourth-order valence-corrected chi connectivity index (χ4v) is 3.82. The predicted molar refractivity (Wildman–Crippen MR) is 99.3 cm³/mol. The number of carbonyl (C=O) groups is 1. The largest absolute Gasteiger partial charge is 0.460 e. The second-order valence-electron chi connectivity index (χ2n) is 7.11. The van der Waals surface area contributed by atoms with E-state index in [9.17, 15) is 4.79 Å². The van der Waals surface area contributed by atoms with Gasteiger partial charge in [0.15, 0.2) is 5.69 Å². The van der Waals surface area contributed by atoms with Gasteiger partial charge in [0.25, 0.3) is 5.91 Å². The van der Waals surface area contributed by atoms with Crippen molar-refractivity contribution in [3.8, 4) is 0 Å². The third-order valence-corrected chi connectivity index (χ3v) is 5.25. The maximum atomic E-state index is 12.7. The Bertz CT molecular complexity index is 938. The second-order valence-corrected chi connectivity index (χ2v) is 7.11. The van der Waals surface area contributed by atoms with E-state index in [2.05, 4.69) is 22.1 Å². The second kappa shape index (κ2) is 6.83. The summed E-state index contributed by atoms with van der Waals surface area (Å²) in [5.41, 5.74) is 2.54. The standard InChI is InChI=1S/C20H22N4O3/c25-20(23-7-9-26-10-8-23)18-12-16-13-22(5-6-24(16)21-18)14-17-11-15-3-1-2-4-19(15)27-17/h1-4,11-12H,5-10,13-14H2. The van der Waals surface area contributed by atoms with Crippen LogP contribution in [0.2, 0.25) is 0 Å². The third-order valence-electron chi connectivity index (χ3n) is 5.25. The molecule has 0 bridgehead atoms. The minimum absolute atomic E-state index is 0.00374. The number of ether oxygens (including phenoxy) is 1. The van der Waals surface area contributed by atoms with Crippen LogP contribution >= 0.6 is 0 Å². The molecule has 5 rings (SSSR count). The van der Waals surface area contributed by atoms with E-state index >= 15 is 0 Å². The van der Waals surface area contributed by atoms with E-state index in [1.807, 2.05) is 33.8 Å². The van der Waals surface area contributed by atoms with Gasteiger partial charge in [-0.25, -0.2) is 0 Å². The average molecular weight is 366 g/mol. The van der Waals surface area contributed by atoms with Crippen LogP contribution in [0.15, 0.2) is 40.8 Å². The molecule has 7 nitrogen and oxygen atoms in total. The minimum atomic E-state index is 0.00374. The Morgan fingerprint density at radius 1 is 1.07 bits per heavy atom. The van der Waals surface area contributed by atoms with Crippen molar-refractivity contribution >= 4 is 16.9 Å². The maximum absolute atomic E-state index is 12.7. The minimum Gasteiger partial charge on any atom is -0.460 e. The zero-order valence-electron chi connectivity index (χ0n) is 15.1. The summed E-state index contributed by atoms with van der Waals surface area (Å²) in [5.74, 6) is 0.970. The van der Waals surface area contributed by atoms with Gasteiger partial charge >= 0.3 is 0 Å². The third kappa shape index (κ3) is 3.24. The van der Waals surface area contributed by atoms with Crippen molar-refractivity contribution in [1.29, 1.82) is 0 Å². The van der Waals surface area contributed by atoms with Crippen molar-refractivity contribution in [1.82, 2.24) is 19.6 Å². The summed E-state index contributed by atoms with van der Waals surface area (Å²) < 4.78 is 13.2. The van der Waals surface area contributed by atoms with Crippen LogP contribution in [0.3, 0.4) is 0 Å². The van der Waals surface area contributed by atoms with Gasteiger partial charge in [-0.05, 0) is 18.2 Å². The van der Waals surface area contributed by atoms with E-state index < -0.39 is 0 Å². The molecule has 2 aliphatic heterocycles. The molecule has 27 heavy (non-hydrogen) atoms. The van der Waals surface area contributed by atoms with Crippen LogP contribution in [0, 0.1) is 0 Å². The zero-order chi connectivity index (χ0) is 18.2. The highest BCUT2D eigenvalue weighted by atomic mass is 16.5. The molecule has 2 aliphatic rings. The number of hydrogen-bond donors (Lipinski definition) is 0. The topological polar surface area (TPSA) is 63.7 Å². The van der Waals surface area contributed by atoms with Gasteiger partial charge in [-0.1, -0.05) is 18.2 Å². The fraction of sp³-hybridized carbons (Fsp3) is 0.400. The Labute approximate surface area is 157 Å². The van der Waals surface area contributed by atoms with Gasteiger partial charge < -0.3 is 14.1 Å². The number of para-hydroxylation sites is 1. The number of amides is 1. The summed E-state index contributed by atoms with van der Waals surface area (Å²) in [4.78, 5) is 16.8. The number of rotatable bonds is 3. The molecule has 0 spiro atoms. The number of furan rings is 1.